The van der Waals surface area contributed by atoms with Gasteiger partial charge in [-0.15, -0.1) is 0 Å². The third kappa shape index (κ3) is 1.31. The van der Waals surface area contributed by atoms with Crippen molar-refractivity contribution in [3.05, 3.63) is 0 Å². The van der Waals surface area contributed by atoms with Gasteiger partial charge in [0.25, 0.3) is 0 Å². The lowest BCUT2D eigenvalue weighted by atomic mass is 10.0. The molecule has 2 heteroatoms. The minimum atomic E-state index is 0.674. The highest BCUT2D eigenvalue weighted by atomic mass is 15.2. The first-order valence-electron chi connectivity index (χ1n) is 5.88. The van der Waals surface area contributed by atoms with Crippen LogP contribution in [-0.2, 0) is 0 Å². The first-order chi connectivity index (χ1) is 6.42. The second-order valence-electron chi connectivity index (χ2n) is 5.22. The molecule has 0 aliphatic heterocycles. The van der Waals surface area contributed by atoms with Crippen molar-refractivity contribution in [3.8, 4) is 0 Å². The molecule has 0 aromatic heterocycles. The van der Waals surface area contributed by atoms with Gasteiger partial charge < -0.3 is 0 Å². The summed E-state index contributed by atoms with van der Waals surface area (Å²) < 4.78 is 0. The number of rotatable bonds is 3. The zero-order valence-electron chi connectivity index (χ0n) is 8.21. The summed E-state index contributed by atoms with van der Waals surface area (Å²) in [4.78, 5) is 0. The van der Waals surface area contributed by atoms with Gasteiger partial charge in [-0.3, -0.25) is 11.3 Å². The zero-order valence-corrected chi connectivity index (χ0v) is 8.21. The first kappa shape index (κ1) is 8.25. The van der Waals surface area contributed by atoms with Gasteiger partial charge in [0.1, 0.15) is 0 Å². The molecular weight excluding hydrogens is 160 g/mol. The molecule has 0 saturated heterocycles. The lowest BCUT2D eigenvalue weighted by Crippen LogP contribution is -2.39. The van der Waals surface area contributed by atoms with Crippen molar-refractivity contribution in [1.82, 2.24) is 5.43 Å². The normalized spacial score (nSPS) is 45.5. The van der Waals surface area contributed by atoms with Crippen LogP contribution in [0.3, 0.4) is 0 Å². The molecule has 3 unspecified atom stereocenters. The van der Waals surface area contributed by atoms with Crippen LogP contribution >= 0.6 is 0 Å². The van der Waals surface area contributed by atoms with Crippen LogP contribution in [0.2, 0.25) is 0 Å². The molecule has 0 amide bonds. The number of fused-ring (bicyclic) bond motifs is 1. The summed E-state index contributed by atoms with van der Waals surface area (Å²) >= 11 is 0. The van der Waals surface area contributed by atoms with E-state index in [4.69, 9.17) is 5.84 Å². The predicted octanol–water partition coefficient (Wildman–Crippen LogP) is 1.66. The molecule has 13 heavy (non-hydrogen) atoms. The van der Waals surface area contributed by atoms with Crippen LogP contribution in [-0.4, -0.2) is 6.04 Å². The smallest absolute Gasteiger partial charge is 0.0272 e. The maximum atomic E-state index is 5.66. The van der Waals surface area contributed by atoms with E-state index in [-0.39, 0.29) is 0 Å². The molecule has 3 N–H and O–H groups in total. The number of hydrogen-bond acceptors (Lipinski definition) is 2. The maximum Gasteiger partial charge on any atom is 0.0272 e. The van der Waals surface area contributed by atoms with E-state index in [1.807, 2.05) is 0 Å². The fraction of sp³-hybridized carbons (Fsp3) is 1.00. The molecular formula is C11H20N2. The van der Waals surface area contributed by atoms with E-state index in [2.05, 4.69) is 5.43 Å². The average Bonchev–Trinajstić information content (AvgIpc) is 3.02. The Morgan fingerprint density at radius 3 is 2.08 bits per heavy atom. The Balaban J connectivity index is 1.65. The highest BCUT2D eigenvalue weighted by molar-refractivity contribution is 5.07. The fourth-order valence-corrected chi connectivity index (χ4v) is 3.60. The average molecular weight is 180 g/mol. The van der Waals surface area contributed by atoms with E-state index >= 15 is 0 Å². The Bertz CT molecular complexity index is 188. The monoisotopic (exact) mass is 180 g/mol. The molecule has 3 aliphatic rings. The molecule has 3 aliphatic carbocycles. The van der Waals surface area contributed by atoms with E-state index in [1.165, 1.54) is 38.5 Å². The molecule has 0 aromatic carbocycles. The van der Waals surface area contributed by atoms with Gasteiger partial charge in [0.2, 0.25) is 0 Å². The molecule has 0 radical (unpaired) electrons. The summed E-state index contributed by atoms with van der Waals surface area (Å²) in [6, 6.07) is 0.674. The third-order valence-corrected chi connectivity index (χ3v) is 4.46. The number of hydrogen-bond donors (Lipinski definition) is 2. The van der Waals surface area contributed by atoms with Crippen LogP contribution < -0.4 is 11.3 Å². The lowest BCUT2D eigenvalue weighted by molar-refractivity contribution is 0.397. The van der Waals surface area contributed by atoms with Gasteiger partial charge in [0.05, 0.1) is 0 Å². The van der Waals surface area contributed by atoms with E-state index in [1.54, 1.807) is 0 Å². The molecule has 0 aromatic rings. The molecule has 3 atom stereocenters. The first-order valence-corrected chi connectivity index (χ1v) is 5.88. The van der Waals surface area contributed by atoms with Crippen LogP contribution in [0.25, 0.3) is 0 Å². The molecule has 0 heterocycles. The third-order valence-electron chi connectivity index (χ3n) is 4.46. The summed E-state index contributed by atoms with van der Waals surface area (Å²) in [6.45, 7) is 0. The Kier molecular flexibility index (Phi) is 1.88. The van der Waals surface area contributed by atoms with Gasteiger partial charge in [-0.05, 0) is 49.4 Å². The molecule has 2 nitrogen and oxygen atoms in total. The fourth-order valence-electron chi connectivity index (χ4n) is 3.60. The second-order valence-corrected chi connectivity index (χ2v) is 5.22. The Morgan fingerprint density at radius 1 is 1.00 bits per heavy atom. The van der Waals surface area contributed by atoms with Crippen molar-refractivity contribution in [3.63, 3.8) is 0 Å². The highest BCUT2D eigenvalue weighted by Gasteiger charge is 2.56. The van der Waals surface area contributed by atoms with Gasteiger partial charge in [0, 0.05) is 6.04 Å². The molecule has 3 fully saturated rings. The topological polar surface area (TPSA) is 38.0 Å². The Labute approximate surface area is 80.2 Å². The zero-order chi connectivity index (χ0) is 8.84. The summed E-state index contributed by atoms with van der Waals surface area (Å²) in [5, 5.41) is 0. The van der Waals surface area contributed by atoms with E-state index in [0.717, 1.165) is 23.7 Å². The van der Waals surface area contributed by atoms with E-state index < -0.39 is 0 Å². The number of nitrogens with two attached hydrogens (primary N) is 1. The standard InChI is InChI=1S/C11H20N2/c12-13-11(7-5-6-7)10-8-3-1-2-4-9(8)10/h7-11,13H,1-6,12H2. The predicted molar refractivity (Wildman–Crippen MR) is 52.8 cm³/mol. The number of hydrazine groups is 1. The summed E-state index contributed by atoms with van der Waals surface area (Å²) in [6.07, 6.45) is 8.76. The van der Waals surface area contributed by atoms with Crippen molar-refractivity contribution in [2.45, 2.75) is 44.6 Å². The highest BCUT2D eigenvalue weighted by Crippen LogP contribution is 2.59. The molecule has 3 rings (SSSR count). The van der Waals surface area contributed by atoms with E-state index in [9.17, 15) is 0 Å². The van der Waals surface area contributed by atoms with Crippen molar-refractivity contribution >= 4 is 0 Å². The van der Waals surface area contributed by atoms with Crippen molar-refractivity contribution < 1.29 is 0 Å². The van der Waals surface area contributed by atoms with Gasteiger partial charge in [-0.25, -0.2) is 0 Å². The minimum Gasteiger partial charge on any atom is -0.271 e. The van der Waals surface area contributed by atoms with Crippen LogP contribution in [0, 0.1) is 23.7 Å². The number of nitrogens with one attached hydrogen (secondary N) is 1. The van der Waals surface area contributed by atoms with Crippen molar-refractivity contribution in [2.24, 2.45) is 29.5 Å². The summed E-state index contributed by atoms with van der Waals surface area (Å²) in [5.74, 6) is 9.65. The van der Waals surface area contributed by atoms with Crippen molar-refractivity contribution in [2.75, 3.05) is 0 Å². The lowest BCUT2D eigenvalue weighted by Gasteiger charge is -2.14. The van der Waals surface area contributed by atoms with Crippen LogP contribution in [0.4, 0.5) is 0 Å². The van der Waals surface area contributed by atoms with Gasteiger partial charge in [-0.1, -0.05) is 12.8 Å². The summed E-state index contributed by atoms with van der Waals surface area (Å²) in [5.41, 5.74) is 3.08. The molecule has 74 valence electrons. The van der Waals surface area contributed by atoms with Gasteiger partial charge in [-0.2, -0.15) is 0 Å². The summed E-state index contributed by atoms with van der Waals surface area (Å²) in [7, 11) is 0. The Morgan fingerprint density at radius 2 is 1.62 bits per heavy atom. The second kappa shape index (κ2) is 2.96. The largest absolute Gasteiger partial charge is 0.271 e. The Hall–Kier alpha value is -0.0800. The SMILES string of the molecule is NNC(C1CC1)C1C2CCCCC21. The van der Waals surface area contributed by atoms with Gasteiger partial charge in [0.15, 0.2) is 0 Å². The van der Waals surface area contributed by atoms with Crippen LogP contribution in [0.5, 0.6) is 0 Å². The van der Waals surface area contributed by atoms with Crippen LogP contribution in [0.15, 0.2) is 0 Å². The molecule has 3 saturated carbocycles. The molecule has 0 bridgehead atoms. The minimum absolute atomic E-state index is 0.674. The van der Waals surface area contributed by atoms with E-state index in [0.29, 0.717) is 6.04 Å². The maximum absolute atomic E-state index is 5.66. The van der Waals surface area contributed by atoms with Crippen molar-refractivity contribution in [1.29, 1.82) is 0 Å². The van der Waals surface area contributed by atoms with Crippen LogP contribution in [0.1, 0.15) is 38.5 Å². The quantitative estimate of drug-likeness (QED) is 0.512. The van der Waals surface area contributed by atoms with Gasteiger partial charge >= 0.3 is 0 Å². The molecule has 0 spiro atoms.